The van der Waals surface area contributed by atoms with Gasteiger partial charge in [0.25, 0.3) is 0 Å². The van der Waals surface area contributed by atoms with Gasteiger partial charge < -0.3 is 75.8 Å². The lowest BCUT2D eigenvalue weighted by molar-refractivity contribution is 0.261. The molecule has 9 aromatic carbocycles. The molecule has 0 bridgehead atoms. The smallest absolute Gasteiger partial charge is 0.127 e. The van der Waals surface area contributed by atoms with Crippen LogP contribution in [0.4, 0.5) is 0 Å². The Hall–Kier alpha value is -7.90. The van der Waals surface area contributed by atoms with E-state index in [1.54, 1.807) is 0 Å². The van der Waals surface area contributed by atoms with Crippen LogP contribution in [0.1, 0.15) is 170 Å². The van der Waals surface area contributed by atoms with Crippen molar-refractivity contribution in [1.82, 2.24) is 0 Å². The van der Waals surface area contributed by atoms with Crippen molar-refractivity contribution >= 4 is 43.1 Å². The summed E-state index contributed by atoms with van der Waals surface area (Å²) < 4.78 is 86.9. The molecule has 8 saturated heterocycles. The van der Waals surface area contributed by atoms with E-state index < -0.39 is 0 Å². The number of aryl methyl sites for hydroxylation is 1. The standard InChI is InChI=1S/C17H18O4.2C16H16O4.C13H12O2.C13H18O2.10C2H6/c1-11-5-15-12(6-17(11)21-10-14-8-19-14)3-2-4-16(15)20-9-13-7-18-13;1-3-13(17-7-15-9-19-15)5-12-6-14(4-2-11(1)12)18-8-16-10-20-16;1-2-11-6-12(17-7-13-8-18-13)4-5-15(11)16(3-1)20-10-14-9-19-14;1-2-4-11-7-12(6-5-10(11)3-1)14-8-13-9-15-13;1-13(2,3)10-4-6-11(7-5-10)14-8-12-9-15-12;10*1-2/h2-6,13-14H,7-10H2,1H3;1-6,15-16H,7-10H2;1-6,13-14H,7-10H2;1-7,13H,8-9H2;4-7,12H,8-9H2,1-3H3;10*1-2H3. The molecule has 616 valence electrons. The van der Waals surface area contributed by atoms with Gasteiger partial charge >= 0.3 is 0 Å². The zero-order chi connectivity index (χ0) is 81.9. The fourth-order valence-electron chi connectivity index (χ4n) is 9.61. The minimum absolute atomic E-state index is 0.206. The third-order valence-corrected chi connectivity index (χ3v) is 15.8. The minimum Gasteiger partial charge on any atom is -0.491 e. The molecule has 8 aliphatic heterocycles. The van der Waals surface area contributed by atoms with E-state index in [0.29, 0.717) is 65.1 Å². The van der Waals surface area contributed by atoms with Gasteiger partial charge in [0.05, 0.1) is 52.9 Å². The molecular formula is C95H140O16. The molecule has 0 aromatic heterocycles. The van der Waals surface area contributed by atoms with Crippen LogP contribution in [0.15, 0.2) is 170 Å². The maximum absolute atomic E-state index is 5.86. The van der Waals surface area contributed by atoms with Gasteiger partial charge in [-0.2, -0.15) is 0 Å². The van der Waals surface area contributed by atoms with Crippen LogP contribution in [0.25, 0.3) is 43.1 Å². The molecule has 111 heavy (non-hydrogen) atoms. The monoisotopic (exact) mass is 1540 g/mol. The summed E-state index contributed by atoms with van der Waals surface area (Å²) in [5.41, 5.74) is 2.65. The molecule has 8 fully saturated rings. The van der Waals surface area contributed by atoms with E-state index >= 15 is 0 Å². The highest BCUT2D eigenvalue weighted by atomic mass is 16.6. The predicted molar refractivity (Wildman–Crippen MR) is 461 cm³/mol. The number of hydrogen-bond acceptors (Lipinski definition) is 16. The van der Waals surface area contributed by atoms with Gasteiger partial charge in [-0.1, -0.05) is 238 Å². The molecule has 0 saturated carbocycles. The van der Waals surface area contributed by atoms with Crippen LogP contribution in [0.5, 0.6) is 46.0 Å². The van der Waals surface area contributed by atoms with E-state index in [2.05, 4.69) is 100 Å². The first-order valence-corrected chi connectivity index (χ1v) is 41.7. The molecule has 9 aromatic rings. The molecule has 0 spiro atoms. The highest BCUT2D eigenvalue weighted by molar-refractivity contribution is 5.91. The molecule has 0 N–H and O–H groups in total. The van der Waals surface area contributed by atoms with Gasteiger partial charge in [0.2, 0.25) is 0 Å². The molecule has 16 heteroatoms. The van der Waals surface area contributed by atoms with Crippen LogP contribution in [-0.2, 0) is 43.3 Å². The highest BCUT2D eigenvalue weighted by Crippen LogP contribution is 2.35. The summed E-state index contributed by atoms with van der Waals surface area (Å²) in [5, 5.41) is 9.21. The first-order valence-electron chi connectivity index (χ1n) is 41.7. The summed E-state index contributed by atoms with van der Waals surface area (Å²) >= 11 is 0. The molecular weight excluding hydrogens is 1400 g/mol. The van der Waals surface area contributed by atoms with Gasteiger partial charge in [-0.05, 0) is 147 Å². The lowest BCUT2D eigenvalue weighted by Gasteiger charge is -2.19. The van der Waals surface area contributed by atoms with E-state index in [4.69, 9.17) is 75.8 Å². The van der Waals surface area contributed by atoms with Crippen molar-refractivity contribution in [2.75, 3.05) is 106 Å². The Labute approximate surface area is 668 Å². The number of epoxide rings is 8. The summed E-state index contributed by atoms with van der Waals surface area (Å²) in [7, 11) is 0. The van der Waals surface area contributed by atoms with Gasteiger partial charge in [-0.15, -0.1) is 0 Å². The minimum atomic E-state index is 0.206. The second-order valence-electron chi connectivity index (χ2n) is 24.8. The summed E-state index contributed by atoms with van der Waals surface area (Å²) in [4.78, 5) is 0. The molecule has 8 heterocycles. The van der Waals surface area contributed by atoms with E-state index in [-0.39, 0.29) is 42.0 Å². The second-order valence-corrected chi connectivity index (χ2v) is 24.8. The fraction of sp³-hybridized carbons (Fsp3) is 0.516. The molecule has 0 radical (unpaired) electrons. The normalized spacial score (nSPS) is 18.7. The second kappa shape index (κ2) is 56.3. The Kier molecular flexibility index (Phi) is 49.4. The van der Waals surface area contributed by atoms with Crippen molar-refractivity contribution in [3.05, 3.63) is 181 Å². The zero-order valence-corrected chi connectivity index (χ0v) is 72.1. The Balaban J connectivity index is 0.000000341. The number of benzene rings is 9. The molecule has 0 amide bonds. The fourth-order valence-corrected chi connectivity index (χ4v) is 9.61. The largest absolute Gasteiger partial charge is 0.491 e. The SMILES string of the molecule is CC.CC.CC.CC.CC.CC.CC.CC.CC.CC.CC(C)(C)c1ccc(OCC2CO2)cc1.Cc1cc2c(OCC3CO3)cccc2cc1OCC1CO1.c1cc(OCC2CO2)c2ccc(OCC3CO3)cc2c1.c1cc2ccc(OCC3CO3)cc2cc1OCC1CO1.c1ccc2cc(OCC3CO3)ccc2c1. The number of hydrogen-bond donors (Lipinski definition) is 0. The van der Waals surface area contributed by atoms with Crippen molar-refractivity contribution in [3.63, 3.8) is 0 Å². The summed E-state index contributed by atoms with van der Waals surface area (Å²) in [6, 6.07) is 57.3. The van der Waals surface area contributed by atoms with Gasteiger partial charge in [-0.3, -0.25) is 0 Å². The number of ether oxygens (including phenoxy) is 16. The average molecular weight is 1540 g/mol. The van der Waals surface area contributed by atoms with Crippen molar-refractivity contribution in [2.45, 2.75) is 220 Å². The van der Waals surface area contributed by atoms with Crippen LogP contribution in [0, 0.1) is 6.92 Å². The molecule has 8 aliphatic rings. The van der Waals surface area contributed by atoms with Crippen LogP contribution in [0.3, 0.4) is 0 Å². The van der Waals surface area contributed by atoms with E-state index in [1.165, 1.54) is 21.7 Å². The lowest BCUT2D eigenvalue weighted by atomic mass is 9.87. The summed E-state index contributed by atoms with van der Waals surface area (Å²) in [6.45, 7) is 60.3. The van der Waals surface area contributed by atoms with Gasteiger partial charge in [0, 0.05) is 10.8 Å². The molecule has 16 nitrogen and oxygen atoms in total. The molecule has 8 unspecified atom stereocenters. The Morgan fingerprint density at radius 2 is 0.505 bits per heavy atom. The maximum Gasteiger partial charge on any atom is 0.127 e. The van der Waals surface area contributed by atoms with Crippen LogP contribution < -0.4 is 37.9 Å². The van der Waals surface area contributed by atoms with Crippen LogP contribution >= 0.6 is 0 Å². The Bertz CT molecular complexity index is 3760. The van der Waals surface area contributed by atoms with E-state index in [9.17, 15) is 0 Å². The lowest BCUT2D eigenvalue weighted by Crippen LogP contribution is -2.11. The van der Waals surface area contributed by atoms with E-state index in [0.717, 1.165) is 131 Å². The number of rotatable bonds is 24. The van der Waals surface area contributed by atoms with Gasteiger partial charge in [-0.25, -0.2) is 0 Å². The molecule has 8 atom stereocenters. The third-order valence-electron chi connectivity index (χ3n) is 15.8. The first kappa shape index (κ1) is 97.3. The maximum atomic E-state index is 5.86. The van der Waals surface area contributed by atoms with Crippen molar-refractivity contribution in [3.8, 4) is 46.0 Å². The summed E-state index contributed by atoms with van der Waals surface area (Å²) in [6.07, 6.45) is 2.28. The quantitative estimate of drug-likeness (QED) is 0.0522. The van der Waals surface area contributed by atoms with E-state index in [1.807, 2.05) is 236 Å². The third kappa shape index (κ3) is 38.5. The van der Waals surface area contributed by atoms with Crippen molar-refractivity contribution in [1.29, 1.82) is 0 Å². The average Bonchev–Trinajstić information content (AvgIpc) is 1.68. The van der Waals surface area contributed by atoms with Gasteiger partial charge in [0.15, 0.2) is 0 Å². The van der Waals surface area contributed by atoms with Crippen LogP contribution in [-0.4, -0.2) is 155 Å². The van der Waals surface area contributed by atoms with Crippen LogP contribution in [0.2, 0.25) is 0 Å². The highest BCUT2D eigenvalue weighted by Gasteiger charge is 2.29. The zero-order valence-electron chi connectivity index (χ0n) is 72.1. The molecule has 17 rings (SSSR count). The van der Waals surface area contributed by atoms with Crippen molar-refractivity contribution in [2.24, 2.45) is 0 Å². The molecule has 0 aliphatic carbocycles. The Morgan fingerprint density at radius 3 is 0.856 bits per heavy atom. The Morgan fingerprint density at radius 1 is 0.243 bits per heavy atom. The predicted octanol–water partition coefficient (Wildman–Crippen LogP) is 23.1. The first-order chi connectivity index (χ1) is 54.5. The summed E-state index contributed by atoms with van der Waals surface area (Å²) in [5.74, 6) is 7.18. The van der Waals surface area contributed by atoms with Crippen molar-refractivity contribution < 1.29 is 75.8 Å². The topological polar surface area (TPSA) is 174 Å². The van der Waals surface area contributed by atoms with Gasteiger partial charge in [0.1, 0.15) is 148 Å². The number of fused-ring (bicyclic) bond motifs is 4.